The Labute approximate surface area is 201 Å². The number of hydrogen-bond donors (Lipinski definition) is 1. The number of halogens is 1. The van der Waals surface area contributed by atoms with Gasteiger partial charge in [-0.1, -0.05) is 24.3 Å². The number of rotatable bonds is 7. The van der Waals surface area contributed by atoms with E-state index in [1.54, 1.807) is 26.0 Å². The number of esters is 1. The van der Waals surface area contributed by atoms with Crippen LogP contribution in [0.5, 0.6) is 5.75 Å². The van der Waals surface area contributed by atoms with Crippen LogP contribution in [0.2, 0.25) is 0 Å². The molecule has 0 saturated heterocycles. The van der Waals surface area contributed by atoms with Crippen molar-refractivity contribution < 1.29 is 28.2 Å². The second kappa shape index (κ2) is 9.57. The Bertz CT molecular complexity index is 1290. The molecule has 3 aromatic rings. The van der Waals surface area contributed by atoms with Gasteiger partial charge in [-0.05, 0) is 38.1 Å². The largest absolute Gasteiger partial charge is 0.496 e. The zero-order valence-electron chi connectivity index (χ0n) is 19.6. The first-order valence-corrected chi connectivity index (χ1v) is 11.0. The number of ether oxygens (including phenoxy) is 2. The van der Waals surface area contributed by atoms with Gasteiger partial charge in [0, 0.05) is 23.9 Å². The number of amides is 2. The third-order valence-electron chi connectivity index (χ3n) is 5.83. The molecular formula is C25H25FN4O5. The molecular weight excluding hydrogens is 455 g/mol. The van der Waals surface area contributed by atoms with Gasteiger partial charge in [0.05, 0.1) is 20.3 Å². The van der Waals surface area contributed by atoms with Crippen LogP contribution >= 0.6 is 0 Å². The maximum Gasteiger partial charge on any atom is 0.358 e. The van der Waals surface area contributed by atoms with Crippen LogP contribution in [0.3, 0.4) is 0 Å². The van der Waals surface area contributed by atoms with E-state index in [4.69, 9.17) is 9.47 Å². The molecule has 0 fully saturated rings. The monoisotopic (exact) mass is 480 g/mol. The third-order valence-corrected chi connectivity index (χ3v) is 5.83. The van der Waals surface area contributed by atoms with Gasteiger partial charge in [0.25, 0.3) is 5.91 Å². The maximum absolute atomic E-state index is 14.1. The lowest BCUT2D eigenvalue weighted by atomic mass is 9.93. The number of anilines is 1. The Balaban J connectivity index is 1.72. The zero-order chi connectivity index (χ0) is 25.2. The number of para-hydroxylation sites is 1. The molecule has 182 valence electrons. The molecule has 10 heteroatoms. The number of carbonyl (C=O) groups is 3. The second-order valence-corrected chi connectivity index (χ2v) is 8.18. The number of nitrogens with one attached hydrogen (secondary N) is 1. The van der Waals surface area contributed by atoms with Gasteiger partial charge in [-0.25, -0.2) is 9.18 Å². The molecule has 0 bridgehead atoms. The van der Waals surface area contributed by atoms with Crippen molar-refractivity contribution in [3.05, 3.63) is 77.4 Å². The molecule has 1 atom stereocenters. The number of hydrogen-bond acceptors (Lipinski definition) is 6. The quantitative estimate of drug-likeness (QED) is 0.522. The summed E-state index contributed by atoms with van der Waals surface area (Å²) in [6.07, 6.45) is 0. The number of methoxy groups -OCH3 is 1. The Morgan fingerprint density at radius 1 is 1.17 bits per heavy atom. The molecule has 1 N–H and O–H groups in total. The molecule has 35 heavy (non-hydrogen) atoms. The van der Waals surface area contributed by atoms with E-state index in [-0.39, 0.29) is 36.8 Å². The van der Waals surface area contributed by atoms with Crippen LogP contribution in [-0.4, -0.2) is 46.8 Å². The molecule has 9 nitrogen and oxygen atoms in total. The molecule has 0 saturated carbocycles. The smallest absolute Gasteiger partial charge is 0.358 e. The summed E-state index contributed by atoms with van der Waals surface area (Å²) >= 11 is 0. The maximum atomic E-state index is 14.1. The average molecular weight is 480 g/mol. The SMILES string of the molecule is CCOC(=O)c1cc2n(n1)C[C@@](C)(C(=O)NCc1ccccc1OC)N(c1cccc(F)c1)C2=O. The lowest BCUT2D eigenvalue weighted by Gasteiger charge is -2.43. The van der Waals surface area contributed by atoms with E-state index in [1.165, 1.54) is 41.0 Å². The van der Waals surface area contributed by atoms with Crippen molar-refractivity contribution in [1.82, 2.24) is 15.1 Å². The predicted octanol–water partition coefficient (Wildman–Crippen LogP) is 2.94. The minimum Gasteiger partial charge on any atom is -0.496 e. The fourth-order valence-electron chi connectivity index (χ4n) is 4.12. The predicted molar refractivity (Wildman–Crippen MR) is 125 cm³/mol. The summed E-state index contributed by atoms with van der Waals surface area (Å²) in [5, 5.41) is 7.07. The molecule has 2 aromatic carbocycles. The highest BCUT2D eigenvalue weighted by Crippen LogP contribution is 2.33. The van der Waals surface area contributed by atoms with Gasteiger partial charge < -0.3 is 14.8 Å². The summed E-state index contributed by atoms with van der Waals surface area (Å²) in [5.74, 6) is -1.71. The highest BCUT2D eigenvalue weighted by Gasteiger charge is 2.49. The lowest BCUT2D eigenvalue weighted by molar-refractivity contribution is -0.126. The Morgan fingerprint density at radius 3 is 2.66 bits per heavy atom. The van der Waals surface area contributed by atoms with Crippen molar-refractivity contribution in [2.75, 3.05) is 18.6 Å². The first-order valence-electron chi connectivity index (χ1n) is 11.0. The Kier molecular flexibility index (Phi) is 6.54. The minimum atomic E-state index is -1.49. The number of aromatic nitrogens is 2. The summed E-state index contributed by atoms with van der Waals surface area (Å²) in [6.45, 7) is 3.45. The molecule has 1 aliphatic heterocycles. The number of fused-ring (bicyclic) bond motifs is 1. The molecule has 2 heterocycles. The van der Waals surface area contributed by atoms with Crippen LogP contribution in [0.15, 0.2) is 54.6 Å². The van der Waals surface area contributed by atoms with Gasteiger partial charge in [0.2, 0.25) is 5.91 Å². The fourth-order valence-corrected chi connectivity index (χ4v) is 4.12. The van der Waals surface area contributed by atoms with Gasteiger partial charge in [0.15, 0.2) is 5.69 Å². The van der Waals surface area contributed by atoms with Gasteiger partial charge >= 0.3 is 5.97 Å². The van der Waals surface area contributed by atoms with Gasteiger partial charge in [0.1, 0.15) is 22.8 Å². The molecule has 1 aromatic heterocycles. The first-order chi connectivity index (χ1) is 16.8. The van der Waals surface area contributed by atoms with Crippen LogP contribution in [0.1, 0.15) is 40.4 Å². The molecule has 0 spiro atoms. The normalized spacial score (nSPS) is 17.0. The van der Waals surface area contributed by atoms with Crippen molar-refractivity contribution >= 4 is 23.5 Å². The van der Waals surface area contributed by atoms with Gasteiger partial charge in [-0.15, -0.1) is 0 Å². The highest BCUT2D eigenvalue weighted by atomic mass is 19.1. The van der Waals surface area contributed by atoms with Crippen LogP contribution in [0.25, 0.3) is 0 Å². The van der Waals surface area contributed by atoms with E-state index in [2.05, 4.69) is 10.4 Å². The van der Waals surface area contributed by atoms with Crippen LogP contribution in [0, 0.1) is 5.82 Å². The summed E-state index contributed by atoms with van der Waals surface area (Å²) in [7, 11) is 1.54. The molecule has 0 aliphatic carbocycles. The summed E-state index contributed by atoms with van der Waals surface area (Å²) in [5.41, 5.74) is -0.496. The number of carbonyl (C=O) groups excluding carboxylic acids is 3. The summed E-state index contributed by atoms with van der Waals surface area (Å²) < 4.78 is 25.8. The molecule has 2 amide bonds. The van der Waals surface area contributed by atoms with Gasteiger partial charge in [-0.3, -0.25) is 19.2 Å². The van der Waals surface area contributed by atoms with Crippen LogP contribution in [-0.2, 0) is 22.6 Å². The van der Waals surface area contributed by atoms with Crippen molar-refractivity contribution in [1.29, 1.82) is 0 Å². The van der Waals surface area contributed by atoms with Gasteiger partial charge in [-0.2, -0.15) is 5.10 Å². The molecule has 0 radical (unpaired) electrons. The van der Waals surface area contributed by atoms with E-state index < -0.39 is 29.1 Å². The number of nitrogens with zero attached hydrogens (tertiary/aromatic N) is 3. The van der Waals surface area contributed by atoms with Crippen molar-refractivity contribution in [2.45, 2.75) is 32.5 Å². The Hall–Kier alpha value is -4.21. The molecule has 0 unspecified atom stereocenters. The molecule has 1 aliphatic rings. The van der Waals surface area contributed by atoms with E-state index in [0.717, 1.165) is 5.56 Å². The summed E-state index contributed by atoms with van der Waals surface area (Å²) in [4.78, 5) is 40.6. The zero-order valence-corrected chi connectivity index (χ0v) is 19.6. The third kappa shape index (κ3) is 4.46. The standard InChI is InChI=1S/C25H25FN4O5/c1-4-35-23(32)19-13-20-22(31)30(18-10-7-9-17(26)12-18)25(2,15-29(20)28-19)24(33)27-14-16-8-5-6-11-21(16)34-3/h5-13H,4,14-15H2,1-3H3,(H,27,33)/t25-/m0/s1. The average Bonchev–Trinajstić information content (AvgIpc) is 3.27. The number of benzene rings is 2. The van der Waals surface area contributed by atoms with Crippen molar-refractivity contribution in [3.63, 3.8) is 0 Å². The van der Waals surface area contributed by atoms with Crippen LogP contribution < -0.4 is 15.0 Å². The second-order valence-electron chi connectivity index (χ2n) is 8.18. The van der Waals surface area contributed by atoms with E-state index >= 15 is 0 Å². The highest BCUT2D eigenvalue weighted by molar-refractivity contribution is 6.12. The van der Waals surface area contributed by atoms with Crippen molar-refractivity contribution in [3.8, 4) is 5.75 Å². The Morgan fingerprint density at radius 2 is 1.94 bits per heavy atom. The minimum absolute atomic E-state index is 0.0481. The first kappa shape index (κ1) is 23.9. The van der Waals surface area contributed by atoms with Crippen molar-refractivity contribution in [2.24, 2.45) is 0 Å². The topological polar surface area (TPSA) is 103 Å². The lowest BCUT2D eigenvalue weighted by Crippen LogP contribution is -2.64. The fraction of sp³-hybridized carbons (Fsp3) is 0.280. The molecule has 4 rings (SSSR count). The van der Waals surface area contributed by atoms with E-state index in [0.29, 0.717) is 5.75 Å². The van der Waals surface area contributed by atoms with Crippen LogP contribution in [0.4, 0.5) is 10.1 Å². The van der Waals surface area contributed by atoms with E-state index in [9.17, 15) is 18.8 Å². The van der Waals surface area contributed by atoms with E-state index in [1.807, 2.05) is 18.2 Å². The summed E-state index contributed by atoms with van der Waals surface area (Å²) in [6, 6.07) is 14.0.